The lowest BCUT2D eigenvalue weighted by Gasteiger charge is -2.48. The first-order valence-electron chi connectivity index (χ1n) is 11.8. The molecule has 2 unspecified atom stereocenters. The van der Waals surface area contributed by atoms with Gasteiger partial charge in [0.1, 0.15) is 0 Å². The number of hydrogen-bond donors (Lipinski definition) is 1. The second-order valence-corrected chi connectivity index (χ2v) is 9.94. The van der Waals surface area contributed by atoms with Crippen LogP contribution in [0, 0.1) is 5.92 Å². The molecule has 0 spiro atoms. The Morgan fingerprint density at radius 1 is 1.06 bits per heavy atom. The van der Waals surface area contributed by atoms with Crippen LogP contribution in [0.5, 0.6) is 11.5 Å². The minimum atomic E-state index is -0.298. The number of carbonyl (C=O) groups excluding carboxylic acids is 1. The van der Waals surface area contributed by atoms with Crippen molar-refractivity contribution >= 4 is 11.7 Å². The van der Waals surface area contributed by atoms with Gasteiger partial charge in [-0.05, 0) is 60.9 Å². The molecule has 5 rings (SSSR count). The largest absolute Gasteiger partial charge is 0.493 e. The van der Waals surface area contributed by atoms with Crippen molar-refractivity contribution in [3.05, 3.63) is 77.4 Å². The molecule has 5 nitrogen and oxygen atoms in total. The van der Waals surface area contributed by atoms with Crippen LogP contribution in [-0.4, -0.2) is 25.8 Å². The molecule has 5 heteroatoms. The summed E-state index contributed by atoms with van der Waals surface area (Å²) in [6, 6.07) is 20.4. The van der Waals surface area contributed by atoms with Gasteiger partial charge in [0, 0.05) is 22.6 Å². The van der Waals surface area contributed by atoms with Gasteiger partial charge in [0.05, 0.1) is 31.4 Å². The van der Waals surface area contributed by atoms with E-state index in [2.05, 4.69) is 43.4 Å². The van der Waals surface area contributed by atoms with E-state index in [0.717, 1.165) is 33.9 Å². The summed E-state index contributed by atoms with van der Waals surface area (Å²) in [4.78, 5) is 12.4. The maximum absolute atomic E-state index is 12.4. The molecule has 0 aromatic heterocycles. The average Bonchev–Trinajstić information content (AvgIpc) is 2.83. The predicted molar refractivity (Wildman–Crippen MR) is 134 cm³/mol. The van der Waals surface area contributed by atoms with E-state index in [9.17, 15) is 4.79 Å². The van der Waals surface area contributed by atoms with Gasteiger partial charge in [-0.1, -0.05) is 44.2 Å². The molecule has 0 amide bonds. The van der Waals surface area contributed by atoms with E-state index >= 15 is 0 Å². The highest BCUT2D eigenvalue weighted by Gasteiger charge is 2.47. The van der Waals surface area contributed by atoms with Crippen molar-refractivity contribution in [2.75, 3.05) is 19.0 Å². The maximum atomic E-state index is 12.4. The van der Waals surface area contributed by atoms with Crippen molar-refractivity contribution in [1.29, 1.82) is 0 Å². The molecular weight excluding hydrogens is 426 g/mol. The van der Waals surface area contributed by atoms with E-state index in [0.29, 0.717) is 12.2 Å². The van der Waals surface area contributed by atoms with Crippen LogP contribution in [0.2, 0.25) is 0 Å². The average molecular weight is 458 g/mol. The molecule has 3 aromatic carbocycles. The summed E-state index contributed by atoms with van der Waals surface area (Å²) in [7, 11) is 1.68. The molecule has 2 atom stereocenters. The van der Waals surface area contributed by atoms with Crippen LogP contribution in [0.25, 0.3) is 11.1 Å². The zero-order valence-corrected chi connectivity index (χ0v) is 20.3. The standard InChI is InChI=1S/C29H31NO4/c1-17(2)34-28(31)20-9-6-8-18(14-20)19-12-13-24-22(15-19)29(3,4)23-16-33-27-21(26(23)30-24)10-7-11-25(27)32-5/h6-15,17,23,26,30H,16H2,1-5H3. The van der Waals surface area contributed by atoms with Gasteiger partial charge in [-0.3, -0.25) is 0 Å². The van der Waals surface area contributed by atoms with Crippen molar-refractivity contribution in [1.82, 2.24) is 0 Å². The van der Waals surface area contributed by atoms with Gasteiger partial charge in [0.2, 0.25) is 0 Å². The number of anilines is 1. The van der Waals surface area contributed by atoms with Gasteiger partial charge in [0.15, 0.2) is 11.5 Å². The zero-order valence-electron chi connectivity index (χ0n) is 20.3. The van der Waals surface area contributed by atoms with Gasteiger partial charge in [0.25, 0.3) is 0 Å². The number of rotatable bonds is 4. The molecule has 1 N–H and O–H groups in total. The number of para-hydroxylation sites is 1. The van der Waals surface area contributed by atoms with Crippen molar-refractivity contribution in [2.24, 2.45) is 5.92 Å². The number of methoxy groups -OCH3 is 1. The van der Waals surface area contributed by atoms with Crippen LogP contribution in [0.4, 0.5) is 5.69 Å². The molecule has 0 saturated carbocycles. The van der Waals surface area contributed by atoms with Crippen LogP contribution >= 0.6 is 0 Å². The van der Waals surface area contributed by atoms with Gasteiger partial charge in [-0.15, -0.1) is 0 Å². The summed E-state index contributed by atoms with van der Waals surface area (Å²) in [6.45, 7) is 8.91. The van der Waals surface area contributed by atoms with E-state index in [-0.39, 0.29) is 29.4 Å². The predicted octanol–water partition coefficient (Wildman–Crippen LogP) is 6.38. The van der Waals surface area contributed by atoms with Gasteiger partial charge in [-0.2, -0.15) is 0 Å². The number of benzene rings is 3. The molecule has 34 heavy (non-hydrogen) atoms. The van der Waals surface area contributed by atoms with Crippen LogP contribution < -0.4 is 14.8 Å². The fourth-order valence-electron chi connectivity index (χ4n) is 5.24. The fraction of sp³-hybridized carbons (Fsp3) is 0.345. The fourth-order valence-corrected chi connectivity index (χ4v) is 5.24. The van der Waals surface area contributed by atoms with Crippen LogP contribution in [-0.2, 0) is 10.2 Å². The molecule has 0 aliphatic carbocycles. The molecule has 3 aromatic rings. The number of fused-ring (bicyclic) bond motifs is 4. The van der Waals surface area contributed by atoms with Gasteiger partial charge >= 0.3 is 5.97 Å². The first-order chi connectivity index (χ1) is 16.3. The Kier molecular flexibility index (Phi) is 5.51. The Balaban J connectivity index is 1.52. The molecule has 0 saturated heterocycles. The summed E-state index contributed by atoms with van der Waals surface area (Å²) >= 11 is 0. The lowest BCUT2D eigenvalue weighted by molar-refractivity contribution is 0.0378. The second kappa shape index (κ2) is 8.39. The number of hydrogen-bond acceptors (Lipinski definition) is 5. The molecule has 0 radical (unpaired) electrons. The molecule has 0 fully saturated rings. The van der Waals surface area contributed by atoms with Crippen molar-refractivity contribution in [3.63, 3.8) is 0 Å². The first-order valence-corrected chi connectivity index (χ1v) is 11.8. The Bertz CT molecular complexity index is 1250. The summed E-state index contributed by atoms with van der Waals surface area (Å²) in [5, 5.41) is 3.78. The second-order valence-electron chi connectivity index (χ2n) is 9.94. The molecule has 176 valence electrons. The van der Waals surface area contributed by atoms with E-state index in [4.69, 9.17) is 14.2 Å². The quantitative estimate of drug-likeness (QED) is 0.461. The summed E-state index contributed by atoms with van der Waals surface area (Å²) in [5.74, 6) is 1.56. The van der Waals surface area contributed by atoms with Crippen molar-refractivity contribution in [3.8, 4) is 22.6 Å². The Hall–Kier alpha value is -3.47. The number of ether oxygens (including phenoxy) is 3. The number of esters is 1. The van der Waals surface area contributed by atoms with Gasteiger partial charge < -0.3 is 19.5 Å². The third-order valence-electron chi connectivity index (χ3n) is 7.10. The SMILES string of the molecule is COc1cccc2c1OCC1C2Nc2ccc(-c3cccc(C(=O)OC(C)C)c3)cc2C1(C)C. The molecule has 0 bridgehead atoms. The molecule has 2 aliphatic heterocycles. The topological polar surface area (TPSA) is 56.8 Å². The smallest absolute Gasteiger partial charge is 0.338 e. The van der Waals surface area contributed by atoms with Crippen LogP contribution in [0.1, 0.15) is 55.2 Å². The lowest BCUT2D eigenvalue weighted by atomic mass is 9.65. The minimum Gasteiger partial charge on any atom is -0.493 e. The highest BCUT2D eigenvalue weighted by Crippen LogP contribution is 2.54. The number of carbonyl (C=O) groups is 1. The molecule has 2 heterocycles. The molecular formula is C29H31NO4. The van der Waals surface area contributed by atoms with Crippen molar-refractivity contribution < 1.29 is 19.0 Å². The summed E-state index contributed by atoms with van der Waals surface area (Å²) < 4.78 is 17.2. The van der Waals surface area contributed by atoms with Crippen LogP contribution in [0.15, 0.2) is 60.7 Å². The minimum absolute atomic E-state index is 0.129. The molecule has 2 aliphatic rings. The highest BCUT2D eigenvalue weighted by molar-refractivity contribution is 5.91. The Labute approximate surface area is 201 Å². The highest BCUT2D eigenvalue weighted by atomic mass is 16.5. The van der Waals surface area contributed by atoms with Crippen LogP contribution in [0.3, 0.4) is 0 Å². The number of nitrogens with one attached hydrogen (secondary N) is 1. The zero-order chi connectivity index (χ0) is 24.0. The van der Waals surface area contributed by atoms with E-state index in [1.807, 2.05) is 44.2 Å². The summed E-state index contributed by atoms with van der Waals surface area (Å²) in [5.41, 5.74) is 6.01. The normalized spacial score (nSPS) is 19.7. The third kappa shape index (κ3) is 3.69. The summed E-state index contributed by atoms with van der Waals surface area (Å²) in [6.07, 6.45) is -0.150. The van der Waals surface area contributed by atoms with Crippen molar-refractivity contribution in [2.45, 2.75) is 45.3 Å². The Morgan fingerprint density at radius 2 is 1.82 bits per heavy atom. The maximum Gasteiger partial charge on any atom is 0.338 e. The third-order valence-corrected chi connectivity index (χ3v) is 7.10. The van der Waals surface area contributed by atoms with E-state index in [1.54, 1.807) is 13.2 Å². The van der Waals surface area contributed by atoms with E-state index in [1.165, 1.54) is 5.56 Å². The lowest BCUT2D eigenvalue weighted by Crippen LogP contribution is -2.46. The monoisotopic (exact) mass is 457 g/mol. The van der Waals surface area contributed by atoms with Gasteiger partial charge in [-0.25, -0.2) is 4.79 Å². The first kappa shape index (κ1) is 22.3. The Morgan fingerprint density at radius 3 is 2.59 bits per heavy atom. The van der Waals surface area contributed by atoms with E-state index < -0.39 is 0 Å².